The van der Waals surface area contributed by atoms with Gasteiger partial charge in [0.25, 0.3) is 5.91 Å². The SMILES string of the molecule is CC(C(=O)NN)N1CC(CO)OC(C)(C)C1. The maximum atomic E-state index is 11.4. The number of hydrazine groups is 1. The zero-order valence-corrected chi connectivity index (χ0v) is 10.1. The second-order valence-corrected chi connectivity index (χ2v) is 4.80. The maximum Gasteiger partial charge on any atom is 0.250 e. The molecule has 6 nitrogen and oxygen atoms in total. The number of carbonyl (C=O) groups is 1. The standard InChI is InChI=1S/C10H21N3O3/c1-7(9(15)12-11)13-4-8(5-14)16-10(2,3)6-13/h7-8,14H,4-6,11H2,1-3H3,(H,12,15). The van der Waals surface area contributed by atoms with Gasteiger partial charge in [-0.1, -0.05) is 0 Å². The van der Waals surface area contributed by atoms with Gasteiger partial charge in [-0.05, 0) is 20.8 Å². The van der Waals surface area contributed by atoms with Gasteiger partial charge in [0.15, 0.2) is 0 Å². The third-order valence-electron chi connectivity index (χ3n) is 2.78. The topological polar surface area (TPSA) is 87.8 Å². The first-order valence-electron chi connectivity index (χ1n) is 5.43. The summed E-state index contributed by atoms with van der Waals surface area (Å²) in [6, 6.07) is -0.317. The highest BCUT2D eigenvalue weighted by Crippen LogP contribution is 2.22. The van der Waals surface area contributed by atoms with E-state index in [2.05, 4.69) is 5.43 Å². The molecule has 0 saturated carbocycles. The van der Waals surface area contributed by atoms with Gasteiger partial charge in [0.2, 0.25) is 0 Å². The molecule has 1 heterocycles. The van der Waals surface area contributed by atoms with Gasteiger partial charge in [-0.3, -0.25) is 15.1 Å². The van der Waals surface area contributed by atoms with Crippen molar-refractivity contribution in [1.29, 1.82) is 0 Å². The van der Waals surface area contributed by atoms with Crippen LogP contribution in [0.4, 0.5) is 0 Å². The molecule has 0 radical (unpaired) electrons. The largest absolute Gasteiger partial charge is 0.394 e. The van der Waals surface area contributed by atoms with Gasteiger partial charge >= 0.3 is 0 Å². The summed E-state index contributed by atoms with van der Waals surface area (Å²) in [7, 11) is 0. The summed E-state index contributed by atoms with van der Waals surface area (Å²) in [5, 5.41) is 9.14. The second-order valence-electron chi connectivity index (χ2n) is 4.80. The van der Waals surface area contributed by atoms with E-state index in [0.717, 1.165) is 0 Å². The first-order chi connectivity index (χ1) is 7.39. The van der Waals surface area contributed by atoms with Crippen molar-refractivity contribution in [1.82, 2.24) is 10.3 Å². The van der Waals surface area contributed by atoms with Crippen LogP contribution in [0.3, 0.4) is 0 Å². The number of aliphatic hydroxyl groups excluding tert-OH is 1. The molecule has 1 rings (SSSR count). The predicted molar refractivity (Wildman–Crippen MR) is 59.4 cm³/mol. The minimum absolute atomic E-state index is 0.0447. The lowest BCUT2D eigenvalue weighted by atomic mass is 10.0. The van der Waals surface area contributed by atoms with E-state index in [0.29, 0.717) is 13.1 Å². The number of nitrogens with two attached hydrogens (primary N) is 1. The minimum Gasteiger partial charge on any atom is -0.394 e. The van der Waals surface area contributed by atoms with Crippen molar-refractivity contribution in [2.24, 2.45) is 5.84 Å². The van der Waals surface area contributed by atoms with Crippen molar-refractivity contribution < 1.29 is 14.6 Å². The predicted octanol–water partition coefficient (Wildman–Crippen LogP) is -1.16. The highest BCUT2D eigenvalue weighted by molar-refractivity contribution is 5.80. The van der Waals surface area contributed by atoms with E-state index in [1.54, 1.807) is 6.92 Å². The van der Waals surface area contributed by atoms with Crippen molar-refractivity contribution in [2.75, 3.05) is 19.7 Å². The molecule has 4 N–H and O–H groups in total. The van der Waals surface area contributed by atoms with Gasteiger partial charge in [0.05, 0.1) is 24.4 Å². The van der Waals surface area contributed by atoms with Gasteiger partial charge in [-0.15, -0.1) is 0 Å². The highest BCUT2D eigenvalue weighted by Gasteiger charge is 2.36. The number of ether oxygens (including phenoxy) is 1. The number of hydrogen-bond acceptors (Lipinski definition) is 5. The van der Waals surface area contributed by atoms with Crippen LogP contribution in [-0.4, -0.2) is 53.4 Å². The van der Waals surface area contributed by atoms with E-state index >= 15 is 0 Å². The van der Waals surface area contributed by atoms with E-state index in [1.807, 2.05) is 18.7 Å². The molecular formula is C10H21N3O3. The molecule has 0 bridgehead atoms. The number of hydrogen-bond donors (Lipinski definition) is 3. The van der Waals surface area contributed by atoms with Gasteiger partial charge in [-0.2, -0.15) is 0 Å². The molecule has 16 heavy (non-hydrogen) atoms. The molecule has 0 spiro atoms. The Morgan fingerprint density at radius 2 is 2.38 bits per heavy atom. The fourth-order valence-electron chi connectivity index (χ4n) is 2.02. The Hall–Kier alpha value is -0.690. The van der Waals surface area contributed by atoms with E-state index in [4.69, 9.17) is 15.7 Å². The Morgan fingerprint density at radius 3 is 2.88 bits per heavy atom. The van der Waals surface area contributed by atoms with Gasteiger partial charge in [0, 0.05) is 13.1 Å². The van der Waals surface area contributed by atoms with Crippen molar-refractivity contribution in [3.63, 3.8) is 0 Å². The zero-order valence-electron chi connectivity index (χ0n) is 10.1. The lowest BCUT2D eigenvalue weighted by molar-refractivity contribution is -0.161. The molecule has 1 aliphatic rings. The summed E-state index contributed by atoms with van der Waals surface area (Å²) in [6.07, 6.45) is -0.253. The van der Waals surface area contributed by atoms with Crippen LogP contribution in [0.1, 0.15) is 20.8 Å². The molecule has 0 aromatic rings. The summed E-state index contributed by atoms with van der Waals surface area (Å²) in [5.74, 6) is 4.88. The van der Waals surface area contributed by atoms with Crippen molar-refractivity contribution in [3.8, 4) is 0 Å². The average molecular weight is 231 g/mol. The summed E-state index contributed by atoms with van der Waals surface area (Å²) in [5.41, 5.74) is 1.77. The summed E-state index contributed by atoms with van der Waals surface area (Å²) in [6.45, 7) is 6.80. The molecular weight excluding hydrogens is 210 g/mol. The maximum absolute atomic E-state index is 11.4. The number of nitrogens with one attached hydrogen (secondary N) is 1. The number of nitrogens with zero attached hydrogens (tertiary/aromatic N) is 1. The van der Waals surface area contributed by atoms with Crippen LogP contribution >= 0.6 is 0 Å². The highest BCUT2D eigenvalue weighted by atomic mass is 16.5. The fraction of sp³-hybridized carbons (Fsp3) is 0.900. The van der Waals surface area contributed by atoms with Crippen LogP contribution in [0, 0.1) is 0 Å². The Labute approximate surface area is 95.7 Å². The molecule has 1 fully saturated rings. The van der Waals surface area contributed by atoms with Gasteiger partial charge in [0.1, 0.15) is 0 Å². The van der Waals surface area contributed by atoms with Crippen LogP contribution in [0.5, 0.6) is 0 Å². The second kappa shape index (κ2) is 5.09. The lowest BCUT2D eigenvalue weighted by Crippen LogP contribution is -2.59. The Morgan fingerprint density at radius 1 is 1.75 bits per heavy atom. The van der Waals surface area contributed by atoms with E-state index in [9.17, 15) is 4.79 Å². The number of rotatable bonds is 3. The molecule has 1 aliphatic heterocycles. The zero-order chi connectivity index (χ0) is 12.3. The van der Waals surface area contributed by atoms with E-state index in [-0.39, 0.29) is 30.3 Å². The fourth-order valence-corrected chi connectivity index (χ4v) is 2.02. The molecule has 2 atom stereocenters. The number of morpholine rings is 1. The summed E-state index contributed by atoms with van der Waals surface area (Å²) < 4.78 is 5.66. The third-order valence-corrected chi connectivity index (χ3v) is 2.78. The van der Waals surface area contributed by atoms with E-state index in [1.165, 1.54) is 0 Å². The number of aliphatic hydroxyl groups is 1. The molecule has 94 valence electrons. The van der Waals surface area contributed by atoms with E-state index < -0.39 is 0 Å². The van der Waals surface area contributed by atoms with Crippen molar-refractivity contribution >= 4 is 5.91 Å². The number of amides is 1. The average Bonchev–Trinajstić information content (AvgIpc) is 2.24. The third kappa shape index (κ3) is 3.15. The Kier molecular flexibility index (Phi) is 4.26. The summed E-state index contributed by atoms with van der Waals surface area (Å²) in [4.78, 5) is 13.4. The molecule has 1 amide bonds. The van der Waals surface area contributed by atoms with Crippen molar-refractivity contribution in [3.05, 3.63) is 0 Å². The van der Waals surface area contributed by atoms with Gasteiger partial charge < -0.3 is 9.84 Å². The molecule has 1 saturated heterocycles. The molecule has 0 aromatic heterocycles. The Balaban J connectivity index is 2.69. The first-order valence-corrected chi connectivity index (χ1v) is 5.43. The van der Waals surface area contributed by atoms with Crippen LogP contribution < -0.4 is 11.3 Å². The van der Waals surface area contributed by atoms with Gasteiger partial charge in [-0.25, -0.2) is 5.84 Å². The minimum atomic E-state index is -0.366. The van der Waals surface area contributed by atoms with Crippen molar-refractivity contribution in [2.45, 2.75) is 38.5 Å². The monoisotopic (exact) mass is 231 g/mol. The smallest absolute Gasteiger partial charge is 0.250 e. The van der Waals surface area contributed by atoms with Crippen LogP contribution in [-0.2, 0) is 9.53 Å². The van der Waals surface area contributed by atoms with Crippen LogP contribution in [0.2, 0.25) is 0 Å². The van der Waals surface area contributed by atoms with Crippen LogP contribution in [0.15, 0.2) is 0 Å². The quantitative estimate of drug-likeness (QED) is 0.324. The summed E-state index contributed by atoms with van der Waals surface area (Å²) >= 11 is 0. The number of carbonyl (C=O) groups excluding carboxylic acids is 1. The first kappa shape index (κ1) is 13.4. The van der Waals surface area contributed by atoms with Crippen LogP contribution in [0.25, 0.3) is 0 Å². The normalized spacial score (nSPS) is 27.4. The Bertz CT molecular complexity index is 258. The molecule has 0 aliphatic carbocycles. The lowest BCUT2D eigenvalue weighted by Gasteiger charge is -2.44. The molecule has 0 aromatic carbocycles. The molecule has 6 heteroatoms. The molecule has 2 unspecified atom stereocenters.